The van der Waals surface area contributed by atoms with Crippen molar-refractivity contribution in [2.24, 2.45) is 5.92 Å². The SMILES string of the molecule is CCOC(=O)[C@@H](C)N[P@](=S)(OC[C@]1(F)C[C@H](C)[C@H](n2cnc3c(N(C)C)nc(N)nc32)O1)Oc1ccccc1. The quantitative estimate of drug-likeness (QED) is 0.253. The molecule has 212 valence electrons. The van der Waals surface area contributed by atoms with Gasteiger partial charge in [0.2, 0.25) is 11.8 Å². The Morgan fingerprint density at radius 1 is 1.38 bits per heavy atom. The van der Waals surface area contributed by atoms with Crippen LogP contribution in [-0.2, 0) is 30.6 Å². The monoisotopic (exact) mass is 581 g/mol. The first-order valence-corrected chi connectivity index (χ1v) is 15.0. The third kappa shape index (κ3) is 6.64. The summed E-state index contributed by atoms with van der Waals surface area (Å²) in [6.07, 6.45) is 0.796. The number of ether oxygens (including phenoxy) is 2. The molecule has 2 aromatic heterocycles. The normalized spacial score (nSPS) is 23.3. The number of para-hydroxylation sites is 1. The number of esters is 1. The predicted molar refractivity (Wildman–Crippen MR) is 148 cm³/mol. The highest BCUT2D eigenvalue weighted by atomic mass is 32.5. The van der Waals surface area contributed by atoms with Crippen molar-refractivity contribution < 1.29 is 27.7 Å². The summed E-state index contributed by atoms with van der Waals surface area (Å²) in [5.74, 6) is -2.00. The number of nitrogens with two attached hydrogens (primary N) is 1. The molecule has 15 heteroatoms. The molecule has 1 fully saturated rings. The highest BCUT2D eigenvalue weighted by Crippen LogP contribution is 2.49. The van der Waals surface area contributed by atoms with Crippen molar-refractivity contribution in [3.05, 3.63) is 36.7 Å². The number of alkyl halides is 1. The van der Waals surface area contributed by atoms with Gasteiger partial charge in [-0.1, -0.05) is 25.1 Å². The van der Waals surface area contributed by atoms with Crippen LogP contribution in [0.1, 0.15) is 33.4 Å². The van der Waals surface area contributed by atoms with Crippen LogP contribution in [0.15, 0.2) is 36.7 Å². The van der Waals surface area contributed by atoms with Gasteiger partial charge in [-0.15, -0.1) is 0 Å². The molecule has 3 aromatic rings. The van der Waals surface area contributed by atoms with E-state index in [9.17, 15) is 4.79 Å². The molecule has 3 N–H and O–H groups in total. The Labute approximate surface area is 231 Å². The first kappa shape index (κ1) is 29.1. The lowest BCUT2D eigenvalue weighted by atomic mass is 10.1. The lowest BCUT2D eigenvalue weighted by Gasteiger charge is -2.29. The zero-order valence-electron chi connectivity index (χ0n) is 22.4. The molecule has 12 nitrogen and oxygen atoms in total. The lowest BCUT2D eigenvalue weighted by molar-refractivity contribution is -0.172. The molecule has 0 saturated carbocycles. The Kier molecular flexibility index (Phi) is 8.72. The van der Waals surface area contributed by atoms with Crippen LogP contribution in [0.4, 0.5) is 16.2 Å². The number of rotatable bonds is 11. The van der Waals surface area contributed by atoms with Crippen LogP contribution >= 0.6 is 6.64 Å². The summed E-state index contributed by atoms with van der Waals surface area (Å²) in [5.41, 5.74) is 6.87. The zero-order valence-corrected chi connectivity index (χ0v) is 24.1. The number of nitrogens with one attached hydrogen (secondary N) is 1. The van der Waals surface area contributed by atoms with E-state index in [2.05, 4.69) is 20.0 Å². The summed E-state index contributed by atoms with van der Waals surface area (Å²) in [5, 5.41) is 2.90. The van der Waals surface area contributed by atoms with Crippen molar-refractivity contribution in [1.29, 1.82) is 0 Å². The molecule has 0 spiro atoms. The Balaban J connectivity index is 1.54. The van der Waals surface area contributed by atoms with E-state index in [0.29, 0.717) is 22.7 Å². The molecule has 4 rings (SSSR count). The molecule has 1 aliphatic heterocycles. The minimum atomic E-state index is -3.43. The van der Waals surface area contributed by atoms with E-state index in [4.69, 9.17) is 36.1 Å². The van der Waals surface area contributed by atoms with Gasteiger partial charge in [0.05, 0.1) is 12.9 Å². The number of imidazole rings is 1. The second kappa shape index (κ2) is 11.7. The molecule has 0 unspecified atom stereocenters. The Morgan fingerprint density at radius 3 is 2.77 bits per heavy atom. The van der Waals surface area contributed by atoms with Crippen LogP contribution in [0.5, 0.6) is 5.75 Å². The molecule has 0 radical (unpaired) electrons. The van der Waals surface area contributed by atoms with Crippen molar-refractivity contribution >= 4 is 47.3 Å². The number of benzene rings is 1. The molecule has 1 aromatic carbocycles. The van der Waals surface area contributed by atoms with Crippen LogP contribution in [0, 0.1) is 5.92 Å². The molecular formula is C24H33FN7O5PS. The van der Waals surface area contributed by atoms with Gasteiger partial charge >= 0.3 is 12.6 Å². The van der Waals surface area contributed by atoms with Crippen LogP contribution in [0.2, 0.25) is 0 Å². The lowest BCUT2D eigenvalue weighted by Crippen LogP contribution is -2.37. The maximum Gasteiger partial charge on any atom is 0.323 e. The van der Waals surface area contributed by atoms with Gasteiger partial charge in [0.1, 0.15) is 24.6 Å². The number of aromatic nitrogens is 4. The molecule has 1 aliphatic rings. The highest BCUT2D eigenvalue weighted by molar-refractivity contribution is 8.09. The fourth-order valence-corrected chi connectivity index (χ4v) is 6.66. The fraction of sp³-hybridized carbons (Fsp3) is 0.500. The Hall–Kier alpha value is -2.90. The van der Waals surface area contributed by atoms with Crippen molar-refractivity contribution in [3.63, 3.8) is 0 Å². The van der Waals surface area contributed by atoms with Crippen molar-refractivity contribution in [3.8, 4) is 5.75 Å². The van der Waals surface area contributed by atoms with Gasteiger partial charge in [0.25, 0.3) is 0 Å². The highest BCUT2D eigenvalue weighted by Gasteiger charge is 2.48. The van der Waals surface area contributed by atoms with Crippen molar-refractivity contribution in [1.82, 2.24) is 24.6 Å². The molecule has 0 bridgehead atoms. The van der Waals surface area contributed by atoms with Gasteiger partial charge in [0.15, 0.2) is 17.0 Å². The maximum absolute atomic E-state index is 16.1. The van der Waals surface area contributed by atoms with E-state index in [1.165, 1.54) is 6.33 Å². The summed E-state index contributed by atoms with van der Waals surface area (Å²) in [6, 6.07) is 7.88. The van der Waals surface area contributed by atoms with Crippen LogP contribution in [-0.4, -0.2) is 64.7 Å². The van der Waals surface area contributed by atoms with E-state index >= 15 is 4.39 Å². The average molecular weight is 582 g/mol. The molecule has 3 heterocycles. The Bertz CT molecular complexity index is 1360. The molecule has 0 aliphatic carbocycles. The van der Waals surface area contributed by atoms with Crippen molar-refractivity contribution in [2.45, 2.75) is 45.3 Å². The zero-order chi connectivity index (χ0) is 28.4. The second-order valence-corrected chi connectivity index (χ2v) is 12.6. The van der Waals surface area contributed by atoms with E-state index in [1.54, 1.807) is 47.6 Å². The number of carbonyl (C=O) groups is 1. The number of nitrogens with zero attached hydrogens (tertiary/aromatic N) is 5. The largest absolute Gasteiger partial charge is 0.465 e. The number of anilines is 2. The first-order valence-electron chi connectivity index (χ1n) is 12.4. The van der Waals surface area contributed by atoms with E-state index in [1.807, 2.05) is 27.1 Å². The van der Waals surface area contributed by atoms with Crippen LogP contribution in [0.25, 0.3) is 11.2 Å². The second-order valence-electron chi connectivity index (χ2n) is 9.47. The smallest absolute Gasteiger partial charge is 0.323 e. The van der Waals surface area contributed by atoms with Gasteiger partial charge in [-0.3, -0.25) is 9.36 Å². The van der Waals surface area contributed by atoms with Gasteiger partial charge in [0, 0.05) is 26.4 Å². The van der Waals surface area contributed by atoms with Gasteiger partial charge in [-0.2, -0.15) is 9.97 Å². The Morgan fingerprint density at radius 2 is 2.10 bits per heavy atom. The third-order valence-corrected chi connectivity index (χ3v) is 8.45. The number of hydrogen-bond donors (Lipinski definition) is 2. The maximum atomic E-state index is 16.1. The summed E-state index contributed by atoms with van der Waals surface area (Å²) >= 11 is 5.68. The number of halogens is 1. The van der Waals surface area contributed by atoms with Gasteiger partial charge in [-0.05, 0) is 37.8 Å². The van der Waals surface area contributed by atoms with Crippen LogP contribution < -0.4 is 20.2 Å². The molecule has 39 heavy (non-hydrogen) atoms. The fourth-order valence-electron chi connectivity index (χ4n) is 4.25. The number of nitrogen functional groups attached to an aromatic ring is 1. The summed E-state index contributed by atoms with van der Waals surface area (Å²) in [4.78, 5) is 27.0. The van der Waals surface area contributed by atoms with Gasteiger partial charge in [-0.25, -0.2) is 14.5 Å². The average Bonchev–Trinajstić information content (AvgIpc) is 3.42. The molecule has 5 atom stereocenters. The van der Waals surface area contributed by atoms with Gasteiger partial charge < -0.3 is 29.2 Å². The first-order chi connectivity index (χ1) is 18.4. The standard InChI is InChI=1S/C24H33FN7O5PS/c1-6-34-22(33)16(3)30-38(39,37-17-10-8-7-9-11-17)35-13-24(25)12-15(2)21(36-24)32-14-27-18-19(31(4)5)28-23(26)29-20(18)32/h7-11,14-16,21H,6,12-13H2,1-5H3,(H,30,39)(H2,26,28,29)/t15-,16+,21+,24-,38-/m0/s1. The summed E-state index contributed by atoms with van der Waals surface area (Å²) in [7, 11) is 3.63. The summed E-state index contributed by atoms with van der Waals surface area (Å²) < 4.78 is 40.6. The van der Waals surface area contributed by atoms with Crippen LogP contribution in [0.3, 0.4) is 0 Å². The molecular weight excluding hydrogens is 548 g/mol. The van der Waals surface area contributed by atoms with E-state index in [0.717, 1.165) is 0 Å². The topological polar surface area (TPSA) is 139 Å². The van der Waals surface area contributed by atoms with E-state index < -0.39 is 37.3 Å². The molecule has 1 saturated heterocycles. The predicted octanol–water partition coefficient (Wildman–Crippen LogP) is 3.56. The minimum absolute atomic E-state index is 0.00649. The summed E-state index contributed by atoms with van der Waals surface area (Å²) in [6.45, 7) is 1.36. The van der Waals surface area contributed by atoms with Crippen molar-refractivity contribution in [2.75, 3.05) is 37.9 Å². The minimum Gasteiger partial charge on any atom is -0.465 e. The number of hydrogen-bond acceptors (Lipinski definition) is 11. The number of carbonyl (C=O) groups excluding carboxylic acids is 1. The third-order valence-electron chi connectivity index (χ3n) is 5.97. The molecule has 0 amide bonds. The number of fused-ring (bicyclic) bond motifs is 1. The van der Waals surface area contributed by atoms with E-state index in [-0.39, 0.29) is 24.9 Å².